The van der Waals surface area contributed by atoms with Gasteiger partial charge in [0.15, 0.2) is 6.61 Å². The second-order valence-corrected chi connectivity index (χ2v) is 7.58. The Morgan fingerprint density at radius 3 is 2.19 bits per heavy atom. The molecule has 0 spiro atoms. The van der Waals surface area contributed by atoms with Crippen molar-refractivity contribution in [3.63, 3.8) is 0 Å². The molecule has 0 N–H and O–H groups in total. The highest BCUT2D eigenvalue weighted by molar-refractivity contribution is 6.43. The summed E-state index contributed by atoms with van der Waals surface area (Å²) < 4.78 is 21.6. The number of ether oxygens (including phenoxy) is 4. The number of halogens is 3. The van der Waals surface area contributed by atoms with Crippen LogP contribution in [0.15, 0.2) is 12.1 Å². The molecule has 148 valence electrons. The van der Waals surface area contributed by atoms with Gasteiger partial charge in [-0.05, 0) is 25.8 Å². The number of hydrogen-bond acceptors (Lipinski definition) is 5. The maximum atomic E-state index is 11.8. The molecule has 1 rings (SSSR count). The summed E-state index contributed by atoms with van der Waals surface area (Å²) >= 11 is 17.7. The normalized spacial score (nSPS) is 13.5. The summed E-state index contributed by atoms with van der Waals surface area (Å²) in [6, 6.07) is 2.90. The third-order valence-electron chi connectivity index (χ3n) is 3.07. The van der Waals surface area contributed by atoms with Gasteiger partial charge >= 0.3 is 5.97 Å². The standard InChI is InChI=1S/C18H25Cl3O5/c1-11(2)7-24-12(3)8-23-9-13(4)26-18(22)10-25-17-6-15(20)14(19)5-16(17)21/h5-6,11-13H,7-10H2,1-4H3. The lowest BCUT2D eigenvalue weighted by atomic mass is 10.2. The molecule has 0 saturated heterocycles. The SMILES string of the molecule is CC(C)COC(C)COCC(C)OC(=O)COc1cc(Cl)c(Cl)cc1Cl. The summed E-state index contributed by atoms with van der Waals surface area (Å²) in [7, 11) is 0. The molecule has 8 heteroatoms. The number of hydrogen-bond donors (Lipinski definition) is 0. The van der Waals surface area contributed by atoms with Crippen molar-refractivity contribution in [1.82, 2.24) is 0 Å². The van der Waals surface area contributed by atoms with Crippen molar-refractivity contribution in [2.24, 2.45) is 5.92 Å². The number of benzene rings is 1. The fraction of sp³-hybridized carbons (Fsp3) is 0.611. The first-order valence-corrected chi connectivity index (χ1v) is 9.48. The van der Waals surface area contributed by atoms with Crippen molar-refractivity contribution in [3.05, 3.63) is 27.2 Å². The van der Waals surface area contributed by atoms with Crippen molar-refractivity contribution >= 4 is 40.8 Å². The summed E-state index contributed by atoms with van der Waals surface area (Å²) in [4.78, 5) is 11.8. The van der Waals surface area contributed by atoms with Gasteiger partial charge in [-0.15, -0.1) is 0 Å². The Bertz CT molecular complexity index is 580. The summed E-state index contributed by atoms with van der Waals surface area (Å²) in [6.45, 7) is 8.94. The topological polar surface area (TPSA) is 54.0 Å². The molecule has 0 amide bonds. The minimum Gasteiger partial charge on any atom is -0.480 e. The van der Waals surface area contributed by atoms with Gasteiger partial charge in [0.25, 0.3) is 0 Å². The molecule has 0 aliphatic carbocycles. The molecule has 0 saturated carbocycles. The fourth-order valence-electron chi connectivity index (χ4n) is 1.85. The van der Waals surface area contributed by atoms with Gasteiger partial charge in [0.05, 0.1) is 34.4 Å². The van der Waals surface area contributed by atoms with E-state index in [9.17, 15) is 4.79 Å². The van der Waals surface area contributed by atoms with E-state index < -0.39 is 12.1 Å². The predicted octanol–water partition coefficient (Wildman–Crippen LogP) is 5.04. The third-order valence-corrected chi connectivity index (χ3v) is 4.09. The summed E-state index contributed by atoms with van der Waals surface area (Å²) in [5, 5.41) is 0.859. The zero-order valence-electron chi connectivity index (χ0n) is 15.4. The van der Waals surface area contributed by atoms with Crippen molar-refractivity contribution in [2.75, 3.05) is 26.4 Å². The van der Waals surface area contributed by atoms with Crippen LogP contribution in [-0.2, 0) is 19.0 Å². The second-order valence-electron chi connectivity index (χ2n) is 6.36. The highest BCUT2D eigenvalue weighted by Crippen LogP contribution is 2.33. The van der Waals surface area contributed by atoms with Crippen LogP contribution in [0.25, 0.3) is 0 Å². The molecular formula is C18H25Cl3O5. The lowest BCUT2D eigenvalue weighted by Gasteiger charge is -2.17. The number of carbonyl (C=O) groups excluding carboxylic acids is 1. The lowest BCUT2D eigenvalue weighted by molar-refractivity contribution is -0.154. The van der Waals surface area contributed by atoms with Gasteiger partial charge in [-0.1, -0.05) is 48.7 Å². The Kier molecular flexibility index (Phi) is 10.7. The van der Waals surface area contributed by atoms with E-state index in [-0.39, 0.29) is 35.1 Å². The van der Waals surface area contributed by atoms with Crippen LogP contribution < -0.4 is 4.74 Å². The van der Waals surface area contributed by atoms with Crippen LogP contribution in [-0.4, -0.2) is 44.6 Å². The zero-order valence-corrected chi connectivity index (χ0v) is 17.7. The Labute approximate surface area is 169 Å². The molecule has 26 heavy (non-hydrogen) atoms. The van der Waals surface area contributed by atoms with Gasteiger partial charge in [0.2, 0.25) is 0 Å². The minimum atomic E-state index is -0.535. The molecule has 0 aliphatic heterocycles. The Morgan fingerprint density at radius 2 is 1.54 bits per heavy atom. The fourth-order valence-corrected chi connectivity index (χ4v) is 2.44. The van der Waals surface area contributed by atoms with E-state index in [2.05, 4.69) is 13.8 Å². The first-order valence-electron chi connectivity index (χ1n) is 8.35. The van der Waals surface area contributed by atoms with Crippen molar-refractivity contribution < 1.29 is 23.7 Å². The first kappa shape index (κ1) is 23.3. The van der Waals surface area contributed by atoms with Crippen LogP contribution in [0.2, 0.25) is 15.1 Å². The van der Waals surface area contributed by atoms with Crippen LogP contribution in [0.1, 0.15) is 27.7 Å². The van der Waals surface area contributed by atoms with Crippen LogP contribution in [0.3, 0.4) is 0 Å². The lowest BCUT2D eigenvalue weighted by Crippen LogP contribution is -2.26. The average Bonchev–Trinajstić information content (AvgIpc) is 2.55. The molecular weight excluding hydrogens is 403 g/mol. The van der Waals surface area contributed by atoms with Gasteiger partial charge in [0.1, 0.15) is 11.9 Å². The zero-order chi connectivity index (χ0) is 19.7. The van der Waals surface area contributed by atoms with Crippen LogP contribution in [0.5, 0.6) is 5.75 Å². The Hall–Kier alpha value is -0.720. The highest BCUT2D eigenvalue weighted by atomic mass is 35.5. The van der Waals surface area contributed by atoms with Crippen molar-refractivity contribution in [3.8, 4) is 5.75 Å². The van der Waals surface area contributed by atoms with Crippen LogP contribution in [0.4, 0.5) is 0 Å². The van der Waals surface area contributed by atoms with Gasteiger partial charge in [-0.3, -0.25) is 0 Å². The molecule has 0 bridgehead atoms. The molecule has 0 aliphatic rings. The van der Waals surface area contributed by atoms with Gasteiger partial charge < -0.3 is 18.9 Å². The van der Waals surface area contributed by atoms with E-state index in [1.165, 1.54) is 12.1 Å². The number of esters is 1. The third kappa shape index (κ3) is 9.28. The van der Waals surface area contributed by atoms with Crippen molar-refractivity contribution in [1.29, 1.82) is 0 Å². The molecule has 2 atom stereocenters. The summed E-state index contributed by atoms with van der Waals surface area (Å²) in [6.07, 6.45) is -0.423. The smallest absolute Gasteiger partial charge is 0.344 e. The number of rotatable bonds is 11. The monoisotopic (exact) mass is 426 g/mol. The molecule has 5 nitrogen and oxygen atoms in total. The Morgan fingerprint density at radius 1 is 0.923 bits per heavy atom. The van der Waals surface area contributed by atoms with E-state index in [1.807, 2.05) is 6.92 Å². The largest absolute Gasteiger partial charge is 0.480 e. The molecule has 0 radical (unpaired) electrons. The van der Waals surface area contributed by atoms with E-state index in [0.29, 0.717) is 24.2 Å². The molecule has 0 heterocycles. The van der Waals surface area contributed by atoms with Crippen LogP contribution >= 0.6 is 34.8 Å². The summed E-state index contributed by atoms with van der Waals surface area (Å²) in [5.74, 6) is 0.201. The quantitative estimate of drug-likeness (QED) is 0.366. The predicted molar refractivity (Wildman–Crippen MR) is 104 cm³/mol. The maximum Gasteiger partial charge on any atom is 0.344 e. The first-order chi connectivity index (χ1) is 12.2. The van der Waals surface area contributed by atoms with Gasteiger partial charge in [-0.25, -0.2) is 4.79 Å². The van der Waals surface area contributed by atoms with Crippen LogP contribution in [0, 0.1) is 5.92 Å². The molecule has 0 fully saturated rings. The minimum absolute atomic E-state index is 0.0135. The molecule has 0 aromatic heterocycles. The second kappa shape index (κ2) is 11.9. The summed E-state index contributed by atoms with van der Waals surface area (Å²) in [5.41, 5.74) is 0. The average molecular weight is 428 g/mol. The van der Waals surface area contributed by atoms with E-state index in [1.54, 1.807) is 6.92 Å². The molecule has 2 unspecified atom stereocenters. The van der Waals surface area contributed by atoms with Crippen molar-refractivity contribution in [2.45, 2.75) is 39.9 Å². The van der Waals surface area contributed by atoms with Gasteiger partial charge in [-0.2, -0.15) is 0 Å². The maximum absolute atomic E-state index is 11.8. The van der Waals surface area contributed by atoms with E-state index in [4.69, 9.17) is 53.8 Å². The number of carbonyl (C=O) groups is 1. The molecule has 1 aromatic carbocycles. The Balaban J connectivity index is 2.27. The van der Waals surface area contributed by atoms with E-state index in [0.717, 1.165) is 0 Å². The highest BCUT2D eigenvalue weighted by Gasteiger charge is 2.14. The van der Waals surface area contributed by atoms with Gasteiger partial charge in [0, 0.05) is 12.7 Å². The van der Waals surface area contributed by atoms with E-state index >= 15 is 0 Å². The molecule has 1 aromatic rings.